The monoisotopic (exact) mass is 334 g/mol. The molecule has 0 aliphatic heterocycles. The Bertz CT molecular complexity index is 660. The molecular formula is C23H30N2. The van der Waals surface area contributed by atoms with Crippen molar-refractivity contribution in [3.05, 3.63) is 59.2 Å². The van der Waals surface area contributed by atoms with Crippen molar-refractivity contribution < 1.29 is 0 Å². The van der Waals surface area contributed by atoms with E-state index in [0.717, 1.165) is 18.4 Å². The topological polar surface area (TPSA) is 25.8 Å². The van der Waals surface area contributed by atoms with Gasteiger partial charge in [-0.15, -0.1) is 0 Å². The number of nitrogens with zero attached hydrogens (tertiary/aromatic N) is 2. The maximum Gasteiger partial charge on any atom is 0.205 e. The van der Waals surface area contributed by atoms with Crippen LogP contribution in [0.3, 0.4) is 0 Å². The minimum absolute atomic E-state index is 0.601. The van der Waals surface area contributed by atoms with Gasteiger partial charge in [0.25, 0.3) is 0 Å². The van der Waals surface area contributed by atoms with Crippen molar-refractivity contribution in [1.82, 2.24) is 9.97 Å². The molecule has 0 bridgehead atoms. The minimum atomic E-state index is 0.601. The molecule has 0 aliphatic carbocycles. The fourth-order valence-electron chi connectivity index (χ4n) is 2.83. The first-order valence-corrected chi connectivity index (χ1v) is 9.73. The van der Waals surface area contributed by atoms with Gasteiger partial charge >= 0.3 is 0 Å². The van der Waals surface area contributed by atoms with E-state index in [1.807, 2.05) is 12.4 Å². The highest BCUT2D eigenvalue weighted by atomic mass is 14.8. The molecule has 0 unspecified atom stereocenters. The number of benzene rings is 1. The second-order valence-corrected chi connectivity index (χ2v) is 6.63. The van der Waals surface area contributed by atoms with Crippen molar-refractivity contribution in [3.8, 4) is 11.8 Å². The molecule has 2 heteroatoms. The van der Waals surface area contributed by atoms with Gasteiger partial charge in [0.05, 0.1) is 0 Å². The lowest BCUT2D eigenvalue weighted by Gasteiger charge is -2.01. The van der Waals surface area contributed by atoms with E-state index in [-0.39, 0.29) is 0 Å². The summed E-state index contributed by atoms with van der Waals surface area (Å²) >= 11 is 0. The number of hydrogen-bond donors (Lipinski definition) is 0. The Morgan fingerprint density at radius 3 is 2.04 bits per heavy atom. The first-order valence-electron chi connectivity index (χ1n) is 9.73. The van der Waals surface area contributed by atoms with Crippen LogP contribution in [0, 0.1) is 11.8 Å². The van der Waals surface area contributed by atoms with E-state index in [1.54, 1.807) is 0 Å². The Balaban J connectivity index is 1.80. The Morgan fingerprint density at radius 2 is 1.36 bits per heavy atom. The largest absolute Gasteiger partial charge is 0.229 e. The molecule has 0 amide bonds. The van der Waals surface area contributed by atoms with E-state index < -0.39 is 0 Å². The Kier molecular flexibility index (Phi) is 8.77. The van der Waals surface area contributed by atoms with Crippen LogP contribution >= 0.6 is 0 Å². The van der Waals surface area contributed by atoms with Crippen molar-refractivity contribution in [2.75, 3.05) is 0 Å². The molecule has 1 heterocycles. The van der Waals surface area contributed by atoms with Gasteiger partial charge in [0.1, 0.15) is 0 Å². The molecule has 0 N–H and O–H groups in total. The maximum absolute atomic E-state index is 4.38. The lowest BCUT2D eigenvalue weighted by Crippen LogP contribution is -1.93. The van der Waals surface area contributed by atoms with Crippen molar-refractivity contribution in [2.24, 2.45) is 0 Å². The van der Waals surface area contributed by atoms with E-state index >= 15 is 0 Å². The van der Waals surface area contributed by atoms with Crippen LogP contribution in [0.25, 0.3) is 0 Å². The van der Waals surface area contributed by atoms with Crippen LogP contribution in [0.15, 0.2) is 36.7 Å². The molecule has 0 fully saturated rings. The van der Waals surface area contributed by atoms with Crippen LogP contribution in [0.2, 0.25) is 0 Å². The predicted molar refractivity (Wildman–Crippen MR) is 106 cm³/mol. The van der Waals surface area contributed by atoms with Gasteiger partial charge in [0.15, 0.2) is 0 Å². The predicted octanol–water partition coefficient (Wildman–Crippen LogP) is 5.73. The third-order valence-corrected chi connectivity index (χ3v) is 4.34. The van der Waals surface area contributed by atoms with Crippen LogP contribution < -0.4 is 0 Å². The summed E-state index contributed by atoms with van der Waals surface area (Å²) in [7, 11) is 0. The van der Waals surface area contributed by atoms with Gasteiger partial charge < -0.3 is 0 Å². The van der Waals surface area contributed by atoms with E-state index in [0.29, 0.717) is 5.82 Å². The summed E-state index contributed by atoms with van der Waals surface area (Å²) in [4.78, 5) is 8.77. The number of hydrogen-bond acceptors (Lipinski definition) is 2. The van der Waals surface area contributed by atoms with Crippen molar-refractivity contribution in [1.29, 1.82) is 0 Å². The number of aromatic nitrogens is 2. The quantitative estimate of drug-likeness (QED) is 0.432. The second kappa shape index (κ2) is 11.4. The normalized spacial score (nSPS) is 10.3. The van der Waals surface area contributed by atoms with Gasteiger partial charge in [-0.2, -0.15) is 0 Å². The van der Waals surface area contributed by atoms with Crippen LogP contribution in [0.1, 0.15) is 81.3 Å². The molecule has 2 nitrogen and oxygen atoms in total. The standard InChI is InChI=1S/C23H30N2/c1-3-5-6-7-8-9-11-22-18-24-23(25-19-22)17-16-21-14-12-20(10-4-2)13-15-21/h12-15,18-19H,3-11H2,1-2H3. The molecule has 0 saturated heterocycles. The highest BCUT2D eigenvalue weighted by molar-refractivity contribution is 5.39. The summed E-state index contributed by atoms with van der Waals surface area (Å²) < 4.78 is 0. The molecule has 0 saturated carbocycles. The zero-order valence-corrected chi connectivity index (χ0v) is 15.7. The summed E-state index contributed by atoms with van der Waals surface area (Å²) in [6.07, 6.45) is 15.1. The van der Waals surface area contributed by atoms with E-state index in [1.165, 1.54) is 56.1 Å². The molecular weight excluding hydrogens is 304 g/mol. The summed E-state index contributed by atoms with van der Waals surface area (Å²) in [5.74, 6) is 6.81. The fourth-order valence-corrected chi connectivity index (χ4v) is 2.83. The van der Waals surface area contributed by atoms with Gasteiger partial charge in [-0.25, -0.2) is 9.97 Å². The lowest BCUT2D eigenvalue weighted by atomic mass is 10.1. The second-order valence-electron chi connectivity index (χ2n) is 6.63. The van der Waals surface area contributed by atoms with Crippen LogP contribution in [-0.4, -0.2) is 9.97 Å². The SMILES string of the molecule is CCCCCCCCc1cnc(C#Cc2ccc(CCC)cc2)nc1. The molecule has 0 spiro atoms. The first-order chi connectivity index (χ1) is 12.3. The van der Waals surface area contributed by atoms with Gasteiger partial charge in [0.2, 0.25) is 5.82 Å². The zero-order valence-electron chi connectivity index (χ0n) is 15.7. The molecule has 132 valence electrons. The van der Waals surface area contributed by atoms with E-state index in [2.05, 4.69) is 59.9 Å². The average Bonchev–Trinajstić information content (AvgIpc) is 2.65. The first kappa shape index (κ1) is 19.2. The summed E-state index contributed by atoms with van der Waals surface area (Å²) in [5.41, 5.74) is 3.59. The number of aryl methyl sites for hydroxylation is 2. The highest BCUT2D eigenvalue weighted by Crippen LogP contribution is 2.09. The smallest absolute Gasteiger partial charge is 0.205 e. The van der Waals surface area contributed by atoms with Crippen molar-refractivity contribution >= 4 is 0 Å². The number of unbranched alkanes of at least 4 members (excludes halogenated alkanes) is 5. The highest BCUT2D eigenvalue weighted by Gasteiger charge is 1.97. The molecule has 0 atom stereocenters. The van der Waals surface area contributed by atoms with Gasteiger partial charge in [0, 0.05) is 18.0 Å². The maximum atomic E-state index is 4.38. The van der Waals surface area contributed by atoms with Crippen molar-refractivity contribution in [2.45, 2.75) is 71.6 Å². The molecule has 0 radical (unpaired) electrons. The third-order valence-electron chi connectivity index (χ3n) is 4.34. The molecule has 0 aliphatic rings. The van der Waals surface area contributed by atoms with Crippen molar-refractivity contribution in [3.63, 3.8) is 0 Å². The molecule has 2 rings (SSSR count). The summed E-state index contributed by atoms with van der Waals surface area (Å²) in [6.45, 7) is 4.45. The van der Waals surface area contributed by atoms with Gasteiger partial charge in [-0.05, 0) is 48.4 Å². The Labute approximate surface area is 153 Å². The summed E-state index contributed by atoms with van der Waals surface area (Å²) in [5, 5.41) is 0. The van der Waals surface area contributed by atoms with E-state index in [9.17, 15) is 0 Å². The lowest BCUT2D eigenvalue weighted by molar-refractivity contribution is 0.606. The van der Waals surface area contributed by atoms with Crippen LogP contribution in [0.4, 0.5) is 0 Å². The van der Waals surface area contributed by atoms with Gasteiger partial charge in [-0.1, -0.05) is 70.4 Å². The molecule has 2 aromatic rings. The molecule has 25 heavy (non-hydrogen) atoms. The Morgan fingerprint density at radius 1 is 0.680 bits per heavy atom. The molecule has 1 aromatic heterocycles. The minimum Gasteiger partial charge on any atom is -0.229 e. The fraction of sp³-hybridized carbons (Fsp3) is 0.478. The van der Waals surface area contributed by atoms with Crippen LogP contribution in [0.5, 0.6) is 0 Å². The Hall–Kier alpha value is -2.14. The van der Waals surface area contributed by atoms with Gasteiger partial charge in [-0.3, -0.25) is 0 Å². The number of rotatable bonds is 9. The van der Waals surface area contributed by atoms with Crippen LogP contribution in [-0.2, 0) is 12.8 Å². The third kappa shape index (κ3) is 7.52. The van der Waals surface area contributed by atoms with E-state index in [4.69, 9.17) is 0 Å². The summed E-state index contributed by atoms with van der Waals surface area (Å²) in [6, 6.07) is 8.45. The molecule has 1 aromatic carbocycles. The zero-order chi connectivity index (χ0) is 17.7. The average molecular weight is 335 g/mol.